The maximum Gasteiger partial charge on any atom is 0.0809 e. The molecule has 0 amide bonds. The molecule has 2 nitrogen and oxygen atoms in total. The van der Waals surface area contributed by atoms with Crippen LogP contribution in [0.15, 0.2) is 0 Å². The van der Waals surface area contributed by atoms with Crippen LogP contribution in [0.3, 0.4) is 0 Å². The Balaban J connectivity index is 2.51. The van der Waals surface area contributed by atoms with Gasteiger partial charge in [-0.15, -0.1) is 0 Å². The van der Waals surface area contributed by atoms with Gasteiger partial charge < -0.3 is 9.84 Å². The van der Waals surface area contributed by atoms with Crippen molar-refractivity contribution in [1.29, 1.82) is 0 Å². The molecule has 0 aliphatic carbocycles. The lowest BCUT2D eigenvalue weighted by Gasteiger charge is -2.39. The number of hydrogen-bond acceptors (Lipinski definition) is 2. The monoisotopic (exact) mass is 172 g/mol. The predicted octanol–water partition coefficient (Wildman–Crippen LogP) is 1.96. The van der Waals surface area contributed by atoms with Crippen LogP contribution in [0.2, 0.25) is 0 Å². The standard InChI is InChI=1S/C10H20O2/c1-7-8(11)5-6-9(12-7)10(2,3)4/h7-9,11H,5-6H2,1-4H3/t7-,8+,9?/m1/s1. The van der Waals surface area contributed by atoms with E-state index in [1.165, 1.54) is 0 Å². The highest BCUT2D eigenvalue weighted by molar-refractivity contribution is 4.82. The molecule has 0 aromatic rings. The van der Waals surface area contributed by atoms with Crippen LogP contribution >= 0.6 is 0 Å². The van der Waals surface area contributed by atoms with Gasteiger partial charge in [-0.05, 0) is 25.2 Å². The second-order valence-electron chi connectivity index (χ2n) is 4.84. The number of aliphatic hydroxyl groups excluding tert-OH is 1. The fourth-order valence-electron chi connectivity index (χ4n) is 1.61. The minimum Gasteiger partial charge on any atom is -0.390 e. The summed E-state index contributed by atoms with van der Waals surface area (Å²) in [6, 6.07) is 0. The minimum absolute atomic E-state index is 0.00275. The lowest BCUT2D eigenvalue weighted by Crippen LogP contribution is -2.42. The summed E-state index contributed by atoms with van der Waals surface area (Å²) in [6.45, 7) is 8.49. The van der Waals surface area contributed by atoms with Crippen LogP contribution < -0.4 is 0 Å². The molecule has 3 atom stereocenters. The van der Waals surface area contributed by atoms with E-state index in [1.807, 2.05) is 6.92 Å². The summed E-state index contributed by atoms with van der Waals surface area (Å²) in [5.74, 6) is 0. The number of aliphatic hydroxyl groups is 1. The minimum atomic E-state index is -0.261. The van der Waals surface area contributed by atoms with E-state index in [2.05, 4.69) is 20.8 Å². The molecule has 72 valence electrons. The Kier molecular flexibility index (Phi) is 2.79. The third kappa shape index (κ3) is 2.20. The van der Waals surface area contributed by atoms with E-state index in [9.17, 15) is 5.11 Å². The van der Waals surface area contributed by atoms with Gasteiger partial charge in [-0.25, -0.2) is 0 Å². The Labute approximate surface area is 74.9 Å². The fraction of sp³-hybridized carbons (Fsp3) is 1.00. The third-order valence-electron chi connectivity index (χ3n) is 2.61. The van der Waals surface area contributed by atoms with Crippen LogP contribution in [-0.4, -0.2) is 23.4 Å². The van der Waals surface area contributed by atoms with Gasteiger partial charge in [0.15, 0.2) is 0 Å². The zero-order valence-corrected chi connectivity index (χ0v) is 8.50. The fourth-order valence-corrected chi connectivity index (χ4v) is 1.61. The molecule has 0 aromatic carbocycles. The van der Waals surface area contributed by atoms with Crippen molar-refractivity contribution in [3.63, 3.8) is 0 Å². The molecule has 1 aliphatic heterocycles. The molecule has 1 N–H and O–H groups in total. The second-order valence-corrected chi connectivity index (χ2v) is 4.84. The Morgan fingerprint density at radius 2 is 1.83 bits per heavy atom. The Morgan fingerprint density at radius 3 is 2.25 bits per heavy atom. The summed E-state index contributed by atoms with van der Waals surface area (Å²) in [5.41, 5.74) is 0.203. The van der Waals surface area contributed by atoms with Crippen molar-refractivity contribution in [1.82, 2.24) is 0 Å². The molecule has 2 heteroatoms. The molecular weight excluding hydrogens is 152 g/mol. The van der Waals surface area contributed by atoms with Gasteiger partial charge in [-0.3, -0.25) is 0 Å². The van der Waals surface area contributed by atoms with Crippen LogP contribution in [0.1, 0.15) is 40.5 Å². The van der Waals surface area contributed by atoms with Gasteiger partial charge in [0, 0.05) is 0 Å². The maximum absolute atomic E-state index is 9.44. The van der Waals surface area contributed by atoms with Crippen molar-refractivity contribution < 1.29 is 9.84 Å². The highest BCUT2D eigenvalue weighted by atomic mass is 16.5. The molecule has 0 radical (unpaired) electrons. The summed E-state index contributed by atoms with van der Waals surface area (Å²) >= 11 is 0. The first kappa shape index (κ1) is 10.0. The number of ether oxygens (including phenoxy) is 1. The van der Waals surface area contributed by atoms with Crippen molar-refractivity contribution in [2.24, 2.45) is 5.41 Å². The van der Waals surface area contributed by atoms with E-state index >= 15 is 0 Å². The van der Waals surface area contributed by atoms with Gasteiger partial charge in [0.05, 0.1) is 18.3 Å². The summed E-state index contributed by atoms with van der Waals surface area (Å²) < 4.78 is 5.71. The van der Waals surface area contributed by atoms with Crippen molar-refractivity contribution in [2.75, 3.05) is 0 Å². The molecule has 0 aromatic heterocycles. The average molecular weight is 172 g/mol. The van der Waals surface area contributed by atoms with E-state index < -0.39 is 0 Å². The van der Waals surface area contributed by atoms with Crippen molar-refractivity contribution in [3.05, 3.63) is 0 Å². The molecule has 1 fully saturated rings. The van der Waals surface area contributed by atoms with E-state index in [4.69, 9.17) is 4.74 Å². The predicted molar refractivity (Wildman–Crippen MR) is 49.0 cm³/mol. The molecule has 12 heavy (non-hydrogen) atoms. The van der Waals surface area contributed by atoms with E-state index in [0.717, 1.165) is 12.8 Å². The molecule has 1 heterocycles. The maximum atomic E-state index is 9.44. The lowest BCUT2D eigenvalue weighted by atomic mass is 9.83. The first-order valence-corrected chi connectivity index (χ1v) is 4.75. The van der Waals surface area contributed by atoms with Gasteiger partial charge >= 0.3 is 0 Å². The summed E-state index contributed by atoms with van der Waals surface area (Å²) in [4.78, 5) is 0. The topological polar surface area (TPSA) is 29.5 Å². The van der Waals surface area contributed by atoms with Crippen LogP contribution in [0.25, 0.3) is 0 Å². The Bertz CT molecular complexity index is 148. The van der Waals surface area contributed by atoms with Crippen LogP contribution in [-0.2, 0) is 4.74 Å². The Morgan fingerprint density at radius 1 is 1.25 bits per heavy atom. The normalized spacial score (nSPS) is 38.2. The first-order chi connectivity index (χ1) is 5.41. The van der Waals surface area contributed by atoms with Gasteiger partial charge in [-0.2, -0.15) is 0 Å². The first-order valence-electron chi connectivity index (χ1n) is 4.75. The molecule has 1 aliphatic rings. The highest BCUT2D eigenvalue weighted by Gasteiger charge is 2.33. The molecule has 1 unspecified atom stereocenters. The quantitative estimate of drug-likeness (QED) is 0.605. The van der Waals surface area contributed by atoms with E-state index in [-0.39, 0.29) is 17.6 Å². The number of hydrogen-bond donors (Lipinski definition) is 1. The van der Waals surface area contributed by atoms with Gasteiger partial charge in [0.25, 0.3) is 0 Å². The van der Waals surface area contributed by atoms with Gasteiger partial charge in [-0.1, -0.05) is 20.8 Å². The van der Waals surface area contributed by atoms with Crippen LogP contribution in [0.4, 0.5) is 0 Å². The molecular formula is C10H20O2. The molecule has 0 saturated carbocycles. The summed E-state index contributed by atoms with van der Waals surface area (Å²) in [6.07, 6.45) is 1.90. The summed E-state index contributed by atoms with van der Waals surface area (Å²) in [5, 5.41) is 9.44. The van der Waals surface area contributed by atoms with E-state index in [1.54, 1.807) is 0 Å². The van der Waals surface area contributed by atoms with Crippen molar-refractivity contribution in [3.8, 4) is 0 Å². The third-order valence-corrected chi connectivity index (χ3v) is 2.61. The largest absolute Gasteiger partial charge is 0.390 e. The van der Waals surface area contributed by atoms with Gasteiger partial charge in [0.1, 0.15) is 0 Å². The SMILES string of the molecule is C[C@H]1OC(C(C)(C)C)CC[C@@H]1O. The molecule has 0 spiro atoms. The molecule has 1 saturated heterocycles. The molecule has 1 rings (SSSR count). The smallest absolute Gasteiger partial charge is 0.0809 e. The number of rotatable bonds is 0. The molecule has 0 bridgehead atoms. The average Bonchev–Trinajstić information content (AvgIpc) is 1.92. The Hall–Kier alpha value is -0.0800. The zero-order valence-electron chi connectivity index (χ0n) is 8.50. The van der Waals surface area contributed by atoms with Crippen molar-refractivity contribution in [2.45, 2.75) is 58.8 Å². The lowest BCUT2D eigenvalue weighted by molar-refractivity contribution is -0.141. The summed E-state index contributed by atoms with van der Waals surface area (Å²) in [7, 11) is 0. The van der Waals surface area contributed by atoms with Crippen LogP contribution in [0, 0.1) is 5.41 Å². The highest BCUT2D eigenvalue weighted by Crippen LogP contribution is 2.31. The van der Waals surface area contributed by atoms with E-state index in [0.29, 0.717) is 6.10 Å². The van der Waals surface area contributed by atoms with Crippen molar-refractivity contribution >= 4 is 0 Å². The zero-order chi connectivity index (χ0) is 9.35. The van der Waals surface area contributed by atoms with Crippen LogP contribution in [0.5, 0.6) is 0 Å². The second kappa shape index (κ2) is 3.35. The van der Waals surface area contributed by atoms with Gasteiger partial charge in [0.2, 0.25) is 0 Å².